The molecule has 3 nitrogen and oxygen atoms in total. The van der Waals surface area contributed by atoms with Crippen LogP contribution < -0.4 is 0 Å². The van der Waals surface area contributed by atoms with Crippen molar-refractivity contribution in [3.8, 4) is 0 Å². The first-order valence-corrected chi connectivity index (χ1v) is 6.41. The molecule has 1 aliphatic rings. The first-order chi connectivity index (χ1) is 7.77. The molecule has 0 saturated heterocycles. The lowest BCUT2D eigenvalue weighted by Gasteiger charge is -2.20. The van der Waals surface area contributed by atoms with E-state index in [0.717, 1.165) is 5.82 Å². The van der Waals surface area contributed by atoms with Crippen LogP contribution in [0.1, 0.15) is 44.3 Å². The average Bonchev–Trinajstić information content (AvgIpc) is 2.57. The molecule has 1 unspecified atom stereocenters. The summed E-state index contributed by atoms with van der Waals surface area (Å²) in [5.74, 6) is 1.48. The molecule has 1 saturated carbocycles. The lowest BCUT2D eigenvalue weighted by atomic mass is 9.92. The smallest absolute Gasteiger partial charge is 0.110 e. The van der Waals surface area contributed by atoms with E-state index in [0.29, 0.717) is 12.3 Å². The van der Waals surface area contributed by atoms with Gasteiger partial charge in [0, 0.05) is 25.9 Å². The highest BCUT2D eigenvalue weighted by Crippen LogP contribution is 2.26. The monoisotopic (exact) mass is 222 g/mol. The van der Waals surface area contributed by atoms with E-state index < -0.39 is 0 Å². The van der Waals surface area contributed by atoms with Crippen molar-refractivity contribution in [2.75, 3.05) is 0 Å². The summed E-state index contributed by atoms with van der Waals surface area (Å²) >= 11 is 0. The minimum absolute atomic E-state index is 0.209. The second-order valence-corrected chi connectivity index (χ2v) is 4.98. The van der Waals surface area contributed by atoms with Gasteiger partial charge in [0.1, 0.15) is 5.82 Å². The Morgan fingerprint density at radius 3 is 2.62 bits per heavy atom. The predicted octanol–water partition coefficient (Wildman–Crippen LogP) is 2.29. The van der Waals surface area contributed by atoms with Crippen LogP contribution in [-0.2, 0) is 13.5 Å². The van der Waals surface area contributed by atoms with Gasteiger partial charge in [-0.3, -0.25) is 0 Å². The molecular formula is C13H22N2O. The maximum atomic E-state index is 10.2. The van der Waals surface area contributed by atoms with Gasteiger partial charge in [0.15, 0.2) is 0 Å². The largest absolute Gasteiger partial charge is 0.392 e. The quantitative estimate of drug-likeness (QED) is 0.797. The fraction of sp³-hybridized carbons (Fsp3) is 0.769. The number of hydrogen-bond donors (Lipinski definition) is 1. The lowest BCUT2D eigenvalue weighted by molar-refractivity contribution is 0.0961. The second kappa shape index (κ2) is 5.48. The minimum atomic E-state index is -0.209. The van der Waals surface area contributed by atoms with Crippen molar-refractivity contribution in [2.24, 2.45) is 13.0 Å². The first kappa shape index (κ1) is 11.6. The van der Waals surface area contributed by atoms with Crippen LogP contribution in [0.2, 0.25) is 0 Å². The van der Waals surface area contributed by atoms with Crippen molar-refractivity contribution >= 4 is 0 Å². The van der Waals surface area contributed by atoms with Gasteiger partial charge in [-0.25, -0.2) is 4.98 Å². The SMILES string of the molecule is Cn1ccnc1CC(O)C1CCCCCC1. The number of imidazole rings is 1. The highest BCUT2D eigenvalue weighted by atomic mass is 16.3. The highest BCUT2D eigenvalue weighted by molar-refractivity contribution is 4.94. The van der Waals surface area contributed by atoms with Gasteiger partial charge in [-0.1, -0.05) is 25.7 Å². The summed E-state index contributed by atoms with van der Waals surface area (Å²) < 4.78 is 2.00. The Labute approximate surface area is 97.5 Å². The Hall–Kier alpha value is -0.830. The molecule has 1 heterocycles. The van der Waals surface area contributed by atoms with E-state index in [2.05, 4.69) is 4.98 Å². The first-order valence-electron chi connectivity index (χ1n) is 6.41. The van der Waals surface area contributed by atoms with Gasteiger partial charge < -0.3 is 9.67 Å². The van der Waals surface area contributed by atoms with Crippen LogP contribution in [0.25, 0.3) is 0 Å². The van der Waals surface area contributed by atoms with Crippen molar-refractivity contribution in [3.63, 3.8) is 0 Å². The van der Waals surface area contributed by atoms with Gasteiger partial charge in [-0.15, -0.1) is 0 Å². The molecule has 2 rings (SSSR count). The van der Waals surface area contributed by atoms with E-state index >= 15 is 0 Å². The van der Waals surface area contributed by atoms with Gasteiger partial charge in [0.25, 0.3) is 0 Å². The van der Waals surface area contributed by atoms with Crippen molar-refractivity contribution in [1.82, 2.24) is 9.55 Å². The average molecular weight is 222 g/mol. The molecule has 3 heteroatoms. The predicted molar refractivity (Wildman–Crippen MR) is 64.1 cm³/mol. The molecule has 0 radical (unpaired) electrons. The zero-order chi connectivity index (χ0) is 11.4. The van der Waals surface area contributed by atoms with Crippen LogP contribution in [0.3, 0.4) is 0 Å². The summed E-state index contributed by atoms with van der Waals surface area (Å²) in [6, 6.07) is 0. The van der Waals surface area contributed by atoms with Gasteiger partial charge in [0.2, 0.25) is 0 Å². The molecule has 0 bridgehead atoms. The Balaban J connectivity index is 1.91. The van der Waals surface area contributed by atoms with E-state index in [1.807, 2.05) is 17.8 Å². The third kappa shape index (κ3) is 2.85. The molecule has 1 N–H and O–H groups in total. The molecule has 1 aromatic rings. The maximum absolute atomic E-state index is 10.2. The van der Waals surface area contributed by atoms with Crippen molar-refractivity contribution in [3.05, 3.63) is 18.2 Å². The highest BCUT2D eigenvalue weighted by Gasteiger charge is 2.21. The molecule has 1 aromatic heterocycles. The number of aliphatic hydroxyl groups is 1. The molecule has 0 aliphatic heterocycles. The molecule has 1 atom stereocenters. The number of aliphatic hydroxyl groups excluding tert-OH is 1. The normalized spacial score (nSPS) is 20.6. The standard InChI is InChI=1S/C13H22N2O/c1-15-9-8-14-13(15)10-12(16)11-6-4-2-3-5-7-11/h8-9,11-12,16H,2-7,10H2,1H3. The van der Waals surface area contributed by atoms with E-state index in [4.69, 9.17) is 0 Å². The molecule has 1 aliphatic carbocycles. The number of rotatable bonds is 3. The summed E-state index contributed by atoms with van der Waals surface area (Å²) in [5, 5.41) is 10.2. The Morgan fingerprint density at radius 2 is 2.06 bits per heavy atom. The van der Waals surface area contributed by atoms with Gasteiger partial charge in [0.05, 0.1) is 6.10 Å². The topological polar surface area (TPSA) is 38.0 Å². The Bertz CT molecular complexity index is 313. The van der Waals surface area contributed by atoms with Crippen LogP contribution in [0.15, 0.2) is 12.4 Å². The van der Waals surface area contributed by atoms with E-state index in [9.17, 15) is 5.11 Å². The number of aryl methyl sites for hydroxylation is 1. The number of hydrogen-bond acceptors (Lipinski definition) is 2. The summed E-state index contributed by atoms with van der Waals surface area (Å²) in [5.41, 5.74) is 0. The molecular weight excluding hydrogens is 200 g/mol. The maximum Gasteiger partial charge on any atom is 0.110 e. The van der Waals surface area contributed by atoms with Crippen molar-refractivity contribution in [1.29, 1.82) is 0 Å². The van der Waals surface area contributed by atoms with Crippen LogP contribution in [0.5, 0.6) is 0 Å². The van der Waals surface area contributed by atoms with Crippen LogP contribution in [-0.4, -0.2) is 20.8 Å². The zero-order valence-electron chi connectivity index (χ0n) is 10.1. The molecule has 16 heavy (non-hydrogen) atoms. The van der Waals surface area contributed by atoms with Gasteiger partial charge >= 0.3 is 0 Å². The second-order valence-electron chi connectivity index (χ2n) is 4.98. The molecule has 90 valence electrons. The summed E-state index contributed by atoms with van der Waals surface area (Å²) in [6.45, 7) is 0. The molecule has 0 spiro atoms. The minimum Gasteiger partial charge on any atom is -0.392 e. The van der Waals surface area contributed by atoms with Crippen molar-refractivity contribution in [2.45, 2.75) is 51.0 Å². The van der Waals surface area contributed by atoms with E-state index in [-0.39, 0.29) is 6.10 Å². The summed E-state index contributed by atoms with van der Waals surface area (Å²) in [7, 11) is 1.99. The summed E-state index contributed by atoms with van der Waals surface area (Å²) in [4.78, 5) is 4.28. The van der Waals surface area contributed by atoms with E-state index in [1.54, 1.807) is 6.20 Å². The third-order valence-corrected chi connectivity index (χ3v) is 3.76. The molecule has 1 fully saturated rings. The third-order valence-electron chi connectivity index (χ3n) is 3.76. The zero-order valence-corrected chi connectivity index (χ0v) is 10.1. The summed E-state index contributed by atoms with van der Waals surface area (Å²) in [6.07, 6.45) is 11.8. The van der Waals surface area contributed by atoms with Crippen LogP contribution in [0.4, 0.5) is 0 Å². The Morgan fingerprint density at radius 1 is 1.38 bits per heavy atom. The number of nitrogens with zero attached hydrogens (tertiary/aromatic N) is 2. The van der Waals surface area contributed by atoms with Gasteiger partial charge in [-0.05, 0) is 18.8 Å². The van der Waals surface area contributed by atoms with Crippen LogP contribution in [0, 0.1) is 5.92 Å². The molecule has 0 amide bonds. The van der Waals surface area contributed by atoms with Gasteiger partial charge in [-0.2, -0.15) is 0 Å². The Kier molecular flexibility index (Phi) is 3.99. The van der Waals surface area contributed by atoms with Crippen LogP contribution >= 0.6 is 0 Å². The fourth-order valence-corrected chi connectivity index (χ4v) is 2.64. The van der Waals surface area contributed by atoms with E-state index in [1.165, 1.54) is 38.5 Å². The van der Waals surface area contributed by atoms with Crippen molar-refractivity contribution < 1.29 is 5.11 Å². The number of aromatic nitrogens is 2. The lowest BCUT2D eigenvalue weighted by Crippen LogP contribution is -2.23. The molecule has 0 aromatic carbocycles. The fourth-order valence-electron chi connectivity index (χ4n) is 2.64.